The van der Waals surface area contributed by atoms with Gasteiger partial charge in [0.15, 0.2) is 5.78 Å². The minimum Gasteiger partial charge on any atom is -0.443 e. The highest BCUT2D eigenvalue weighted by atomic mass is 16.6. The first-order valence-corrected chi connectivity index (χ1v) is 10.9. The van der Waals surface area contributed by atoms with Crippen LogP contribution in [0.25, 0.3) is 0 Å². The number of likely N-dealkylation sites (tertiary alicyclic amines) is 1. The van der Waals surface area contributed by atoms with Crippen LogP contribution in [0.4, 0.5) is 4.79 Å². The van der Waals surface area contributed by atoms with E-state index in [0.717, 1.165) is 12.1 Å². The average molecular weight is 421 g/mol. The van der Waals surface area contributed by atoms with Gasteiger partial charge in [-0.05, 0) is 50.3 Å². The standard InChI is InChI=1S/C24H27N3O4/c1-13-20(15(3)28)14(2)25-21(13)23(29)26-10-8-17(9-11-26)27-22-18-7-5-4-6-16(18)12-19(22)31-24(27)30/h4-7,17,19,22,25H,8-12H2,1-3H3. The Morgan fingerprint density at radius 1 is 1.13 bits per heavy atom. The van der Waals surface area contributed by atoms with Gasteiger partial charge in [-0.15, -0.1) is 0 Å². The molecule has 1 N–H and O–H groups in total. The summed E-state index contributed by atoms with van der Waals surface area (Å²) in [5, 5.41) is 0. The number of hydrogen-bond donors (Lipinski definition) is 1. The number of aromatic amines is 1. The van der Waals surface area contributed by atoms with Crippen LogP contribution in [0.5, 0.6) is 0 Å². The van der Waals surface area contributed by atoms with E-state index in [1.54, 1.807) is 0 Å². The number of amides is 2. The highest BCUT2D eigenvalue weighted by Gasteiger charge is 2.50. The van der Waals surface area contributed by atoms with Gasteiger partial charge in [0.25, 0.3) is 5.91 Å². The minimum absolute atomic E-state index is 0.0256. The summed E-state index contributed by atoms with van der Waals surface area (Å²) in [4.78, 5) is 44.5. The van der Waals surface area contributed by atoms with Gasteiger partial charge < -0.3 is 14.6 Å². The number of ether oxygens (including phenoxy) is 1. The van der Waals surface area contributed by atoms with Crippen molar-refractivity contribution in [2.24, 2.45) is 0 Å². The summed E-state index contributed by atoms with van der Waals surface area (Å²) < 4.78 is 5.70. The number of nitrogens with zero attached hydrogens (tertiary/aromatic N) is 2. The number of rotatable bonds is 3. The van der Waals surface area contributed by atoms with E-state index in [0.29, 0.717) is 42.8 Å². The lowest BCUT2D eigenvalue weighted by atomic mass is 9.98. The fourth-order valence-electron chi connectivity index (χ4n) is 5.65. The normalized spacial score (nSPS) is 23.0. The Labute approximate surface area is 181 Å². The van der Waals surface area contributed by atoms with E-state index in [1.807, 2.05) is 35.8 Å². The molecule has 1 aromatic heterocycles. The first-order valence-electron chi connectivity index (χ1n) is 10.9. The van der Waals surface area contributed by atoms with Crippen molar-refractivity contribution in [2.45, 2.75) is 58.2 Å². The summed E-state index contributed by atoms with van der Waals surface area (Å²) in [5.74, 6) is -0.123. The van der Waals surface area contributed by atoms with E-state index in [-0.39, 0.29) is 36.0 Å². The zero-order valence-corrected chi connectivity index (χ0v) is 18.1. The number of H-pyrrole nitrogens is 1. The molecule has 3 aliphatic rings. The quantitative estimate of drug-likeness (QED) is 0.769. The fraction of sp³-hybridized carbons (Fsp3) is 0.458. The van der Waals surface area contributed by atoms with Gasteiger partial charge >= 0.3 is 6.09 Å². The predicted molar refractivity (Wildman–Crippen MR) is 114 cm³/mol. The zero-order chi connectivity index (χ0) is 21.9. The van der Waals surface area contributed by atoms with Gasteiger partial charge in [0.1, 0.15) is 11.8 Å². The van der Waals surface area contributed by atoms with Gasteiger partial charge in [-0.2, -0.15) is 0 Å². The smallest absolute Gasteiger partial charge is 0.411 e. The molecule has 7 nitrogen and oxygen atoms in total. The summed E-state index contributed by atoms with van der Waals surface area (Å²) in [6, 6.07) is 8.27. The number of piperidine rings is 1. The maximum Gasteiger partial charge on any atom is 0.411 e. The van der Waals surface area contributed by atoms with Crippen LogP contribution in [-0.2, 0) is 11.2 Å². The largest absolute Gasteiger partial charge is 0.443 e. The zero-order valence-electron chi connectivity index (χ0n) is 18.1. The summed E-state index contributed by atoms with van der Waals surface area (Å²) in [7, 11) is 0. The van der Waals surface area contributed by atoms with Crippen molar-refractivity contribution in [3.63, 3.8) is 0 Å². The molecule has 2 amide bonds. The van der Waals surface area contributed by atoms with Crippen LogP contribution in [0, 0.1) is 13.8 Å². The number of aromatic nitrogens is 1. The van der Waals surface area contributed by atoms with Crippen molar-refractivity contribution in [1.29, 1.82) is 0 Å². The second-order valence-corrected chi connectivity index (χ2v) is 8.88. The van der Waals surface area contributed by atoms with Crippen molar-refractivity contribution >= 4 is 17.8 Å². The maximum absolute atomic E-state index is 13.1. The van der Waals surface area contributed by atoms with Crippen LogP contribution in [-0.4, -0.2) is 57.8 Å². The molecule has 2 saturated heterocycles. The van der Waals surface area contributed by atoms with Gasteiger partial charge in [-0.1, -0.05) is 24.3 Å². The molecule has 2 aromatic rings. The van der Waals surface area contributed by atoms with Gasteiger partial charge in [0.05, 0.1) is 6.04 Å². The minimum atomic E-state index is -0.240. The lowest BCUT2D eigenvalue weighted by Gasteiger charge is -2.37. The molecule has 0 bridgehead atoms. The third-order valence-corrected chi connectivity index (χ3v) is 7.06. The van der Waals surface area contributed by atoms with Crippen LogP contribution in [0.2, 0.25) is 0 Å². The maximum atomic E-state index is 13.1. The van der Waals surface area contributed by atoms with Crippen LogP contribution in [0.1, 0.15) is 69.0 Å². The van der Waals surface area contributed by atoms with Crippen molar-refractivity contribution in [3.8, 4) is 0 Å². The number of carbonyl (C=O) groups is 3. The lowest BCUT2D eigenvalue weighted by Crippen LogP contribution is -2.48. The fourth-order valence-corrected chi connectivity index (χ4v) is 5.65. The van der Waals surface area contributed by atoms with Crippen LogP contribution < -0.4 is 0 Å². The Bertz CT molecular complexity index is 1080. The van der Waals surface area contributed by atoms with Crippen LogP contribution in [0.3, 0.4) is 0 Å². The molecular formula is C24H27N3O4. The van der Waals surface area contributed by atoms with E-state index in [9.17, 15) is 14.4 Å². The summed E-state index contributed by atoms with van der Waals surface area (Å²) in [6.45, 7) is 6.30. The lowest BCUT2D eigenvalue weighted by molar-refractivity contribution is 0.0630. The molecule has 31 heavy (non-hydrogen) atoms. The van der Waals surface area contributed by atoms with E-state index in [1.165, 1.54) is 18.1 Å². The number of Topliss-reactive ketones (excluding diaryl/α,β-unsaturated/α-hetero) is 1. The molecule has 7 heteroatoms. The van der Waals surface area contributed by atoms with Crippen molar-refractivity contribution in [3.05, 3.63) is 57.9 Å². The third-order valence-electron chi connectivity index (χ3n) is 7.06. The monoisotopic (exact) mass is 421 g/mol. The van der Waals surface area contributed by atoms with E-state index >= 15 is 0 Å². The molecule has 0 spiro atoms. The molecule has 2 fully saturated rings. The molecule has 162 valence electrons. The molecule has 1 aliphatic carbocycles. The number of benzene rings is 1. The Kier molecular flexibility index (Phi) is 4.64. The summed E-state index contributed by atoms with van der Waals surface area (Å²) in [5.41, 5.74) is 4.97. The molecule has 2 aliphatic heterocycles. The van der Waals surface area contributed by atoms with Crippen LogP contribution >= 0.6 is 0 Å². The van der Waals surface area contributed by atoms with Gasteiger partial charge in [0, 0.05) is 36.8 Å². The number of carbonyl (C=O) groups excluding carboxylic acids is 3. The van der Waals surface area contributed by atoms with Gasteiger partial charge in [-0.3, -0.25) is 14.5 Å². The topological polar surface area (TPSA) is 82.7 Å². The van der Waals surface area contributed by atoms with Crippen molar-refractivity contribution in [1.82, 2.24) is 14.8 Å². The van der Waals surface area contributed by atoms with E-state index in [4.69, 9.17) is 4.74 Å². The summed E-state index contributed by atoms with van der Waals surface area (Å²) >= 11 is 0. The second kappa shape index (κ2) is 7.25. The molecule has 2 atom stereocenters. The number of fused-ring (bicyclic) bond motifs is 3. The Morgan fingerprint density at radius 3 is 2.52 bits per heavy atom. The Hall–Kier alpha value is -3.09. The highest BCUT2D eigenvalue weighted by molar-refractivity contribution is 6.02. The molecule has 5 rings (SSSR count). The SMILES string of the molecule is CC(=O)c1c(C)[nH]c(C(=O)N2CCC(N3C(=O)OC4Cc5ccccc5C43)CC2)c1C. The van der Waals surface area contributed by atoms with Crippen molar-refractivity contribution in [2.75, 3.05) is 13.1 Å². The first-order chi connectivity index (χ1) is 14.9. The van der Waals surface area contributed by atoms with Crippen LogP contribution in [0.15, 0.2) is 24.3 Å². The molecular weight excluding hydrogens is 394 g/mol. The predicted octanol–water partition coefficient (Wildman–Crippen LogP) is 3.56. The van der Waals surface area contributed by atoms with Gasteiger partial charge in [-0.25, -0.2) is 4.79 Å². The average Bonchev–Trinajstić information content (AvgIpc) is 3.35. The number of hydrogen-bond acceptors (Lipinski definition) is 4. The molecule has 0 radical (unpaired) electrons. The Balaban J connectivity index is 1.31. The van der Waals surface area contributed by atoms with Gasteiger partial charge in [0.2, 0.25) is 0 Å². The summed E-state index contributed by atoms with van der Waals surface area (Å²) in [6.07, 6.45) is 1.84. The van der Waals surface area contributed by atoms with E-state index < -0.39 is 0 Å². The third kappa shape index (κ3) is 3.06. The first kappa shape index (κ1) is 19.8. The molecule has 2 unspecified atom stereocenters. The van der Waals surface area contributed by atoms with E-state index in [2.05, 4.69) is 17.1 Å². The highest BCUT2D eigenvalue weighted by Crippen LogP contribution is 2.44. The van der Waals surface area contributed by atoms with Crippen molar-refractivity contribution < 1.29 is 19.1 Å². The number of aryl methyl sites for hydroxylation is 1. The molecule has 1 aromatic carbocycles. The Morgan fingerprint density at radius 2 is 1.84 bits per heavy atom. The number of ketones is 1. The number of nitrogens with one attached hydrogen (secondary N) is 1. The molecule has 3 heterocycles. The second-order valence-electron chi connectivity index (χ2n) is 8.88. The molecule has 0 saturated carbocycles.